The Hall–Kier alpha value is -0.130. The Morgan fingerprint density at radius 1 is 1.50 bits per heavy atom. The fourth-order valence-electron chi connectivity index (χ4n) is 0.202. The highest BCUT2D eigenvalue weighted by Crippen LogP contribution is 1.83. The van der Waals surface area contributed by atoms with E-state index in [-0.39, 0.29) is 6.61 Å². The fourth-order valence-corrected chi connectivity index (χ4v) is 0.605. The Bertz CT molecular complexity index is 135. The van der Waals surface area contributed by atoms with E-state index in [0.29, 0.717) is 0 Å². The molecule has 4 nitrogen and oxygen atoms in total. The monoisotopic (exact) mass is 139 g/mol. The highest BCUT2D eigenvalue weighted by molar-refractivity contribution is 7.85. The van der Waals surface area contributed by atoms with Gasteiger partial charge in [0, 0.05) is 13.0 Å². The molecule has 0 saturated heterocycles. The van der Waals surface area contributed by atoms with Crippen molar-refractivity contribution in [3.8, 4) is 0 Å². The minimum atomic E-state index is -3.90. The molecule has 49 valence electrons. The lowest BCUT2D eigenvalue weighted by Gasteiger charge is -1.89. The van der Waals surface area contributed by atoms with E-state index >= 15 is 0 Å². The van der Waals surface area contributed by atoms with Crippen LogP contribution < -0.4 is 0 Å². The number of aliphatic hydroxyl groups is 1. The minimum Gasteiger partial charge on any atom is -0.396 e. The largest absolute Gasteiger partial charge is 0.396 e. The van der Waals surface area contributed by atoms with Crippen molar-refractivity contribution in [2.75, 3.05) is 12.4 Å². The van der Waals surface area contributed by atoms with Crippen molar-refractivity contribution in [1.29, 1.82) is 0 Å². The van der Waals surface area contributed by atoms with Crippen LogP contribution in [0.25, 0.3) is 0 Å². The van der Waals surface area contributed by atoms with E-state index in [9.17, 15) is 8.42 Å². The molecule has 0 atom stereocenters. The van der Waals surface area contributed by atoms with Gasteiger partial charge in [0.1, 0.15) is 0 Å². The summed E-state index contributed by atoms with van der Waals surface area (Å²) >= 11 is 0. The van der Waals surface area contributed by atoms with E-state index in [0.717, 1.165) is 6.42 Å². The van der Waals surface area contributed by atoms with E-state index in [4.69, 9.17) is 9.66 Å². The minimum absolute atomic E-state index is 0.334. The normalized spacial score (nSPS) is 11.8. The van der Waals surface area contributed by atoms with Gasteiger partial charge >= 0.3 is 0 Å². The molecule has 0 saturated carbocycles. The first kappa shape index (κ1) is 7.87. The standard InChI is InChI=1S/C3H7O4S/c4-2-1-3-8(5,6)7/h1,4H,2-3H2,(H,5,6,7). The summed E-state index contributed by atoms with van der Waals surface area (Å²) in [5.74, 6) is -0.483. The lowest BCUT2D eigenvalue weighted by atomic mass is 10.5. The van der Waals surface area contributed by atoms with Crippen LogP contribution >= 0.6 is 0 Å². The second-order valence-corrected chi connectivity index (χ2v) is 2.72. The molecule has 0 heterocycles. The molecule has 0 aromatic carbocycles. The highest BCUT2D eigenvalue weighted by atomic mass is 32.2. The molecule has 0 spiro atoms. The second-order valence-electron chi connectivity index (χ2n) is 1.22. The Morgan fingerprint density at radius 2 is 2.00 bits per heavy atom. The van der Waals surface area contributed by atoms with Crippen molar-refractivity contribution in [3.63, 3.8) is 0 Å². The zero-order valence-electron chi connectivity index (χ0n) is 4.11. The summed E-state index contributed by atoms with van der Waals surface area (Å²) in [6.07, 6.45) is 1.05. The molecule has 5 heteroatoms. The fraction of sp³-hybridized carbons (Fsp3) is 0.667. The third-order valence-electron chi connectivity index (χ3n) is 0.458. The molecule has 8 heavy (non-hydrogen) atoms. The van der Waals surface area contributed by atoms with Crippen molar-refractivity contribution in [1.82, 2.24) is 0 Å². The molecule has 2 N–H and O–H groups in total. The van der Waals surface area contributed by atoms with Gasteiger partial charge in [-0.1, -0.05) is 0 Å². The average Bonchev–Trinajstić information content (AvgIpc) is 1.59. The van der Waals surface area contributed by atoms with Crippen LogP contribution in [0.2, 0.25) is 0 Å². The van der Waals surface area contributed by atoms with E-state index in [1.54, 1.807) is 0 Å². The van der Waals surface area contributed by atoms with Crippen LogP contribution in [0.15, 0.2) is 0 Å². The van der Waals surface area contributed by atoms with Crippen LogP contribution in [-0.2, 0) is 10.1 Å². The molecule has 0 bridgehead atoms. The van der Waals surface area contributed by atoms with Gasteiger partial charge in [-0.2, -0.15) is 8.42 Å². The van der Waals surface area contributed by atoms with E-state index in [2.05, 4.69) is 0 Å². The SMILES string of the molecule is O=S(=O)(O)C[CH]CO. The molecule has 0 rings (SSSR count). The van der Waals surface area contributed by atoms with Crippen molar-refractivity contribution in [2.24, 2.45) is 0 Å². The molecule has 0 aliphatic heterocycles. The van der Waals surface area contributed by atoms with E-state index in [1.807, 2.05) is 0 Å². The summed E-state index contributed by atoms with van der Waals surface area (Å²) in [7, 11) is -3.90. The molecule has 0 aromatic heterocycles. The molecule has 0 aliphatic carbocycles. The Balaban J connectivity index is 3.42. The van der Waals surface area contributed by atoms with Crippen molar-refractivity contribution < 1.29 is 18.1 Å². The first-order valence-electron chi connectivity index (χ1n) is 1.94. The Morgan fingerprint density at radius 3 is 2.12 bits per heavy atom. The number of rotatable bonds is 3. The van der Waals surface area contributed by atoms with Crippen LogP contribution in [-0.4, -0.2) is 30.4 Å². The molecule has 0 aromatic rings. The Labute approximate surface area is 47.9 Å². The third-order valence-corrected chi connectivity index (χ3v) is 1.11. The number of aliphatic hydroxyl groups excluding tert-OH is 1. The van der Waals surface area contributed by atoms with Crippen molar-refractivity contribution in [2.45, 2.75) is 0 Å². The van der Waals surface area contributed by atoms with Crippen molar-refractivity contribution in [3.05, 3.63) is 6.42 Å². The quantitative estimate of drug-likeness (QED) is 0.495. The maximum absolute atomic E-state index is 9.80. The zero-order chi connectivity index (χ0) is 6.62. The molecule has 0 fully saturated rings. The van der Waals surface area contributed by atoms with Crippen LogP contribution in [0.3, 0.4) is 0 Å². The van der Waals surface area contributed by atoms with Gasteiger partial charge in [0.25, 0.3) is 10.1 Å². The molecule has 0 aliphatic rings. The van der Waals surface area contributed by atoms with Gasteiger partial charge in [-0.05, 0) is 0 Å². The van der Waals surface area contributed by atoms with Gasteiger partial charge < -0.3 is 5.11 Å². The van der Waals surface area contributed by atoms with Gasteiger partial charge in [0.15, 0.2) is 0 Å². The van der Waals surface area contributed by atoms with Gasteiger partial charge in [-0.3, -0.25) is 4.55 Å². The van der Waals surface area contributed by atoms with Gasteiger partial charge in [0.2, 0.25) is 0 Å². The van der Waals surface area contributed by atoms with Crippen molar-refractivity contribution >= 4 is 10.1 Å². The summed E-state index contributed by atoms with van der Waals surface area (Å²) < 4.78 is 27.6. The first-order chi connectivity index (χ1) is 3.56. The predicted molar refractivity (Wildman–Crippen MR) is 27.8 cm³/mol. The van der Waals surface area contributed by atoms with Gasteiger partial charge in [-0.25, -0.2) is 0 Å². The first-order valence-corrected chi connectivity index (χ1v) is 3.55. The zero-order valence-corrected chi connectivity index (χ0v) is 4.93. The third kappa shape index (κ3) is 5.87. The van der Waals surface area contributed by atoms with Crippen LogP contribution in [0.1, 0.15) is 0 Å². The topological polar surface area (TPSA) is 74.6 Å². The molecule has 0 unspecified atom stereocenters. The molecular weight excluding hydrogens is 132 g/mol. The molecule has 1 radical (unpaired) electrons. The van der Waals surface area contributed by atoms with Gasteiger partial charge in [0.05, 0.1) is 5.75 Å². The summed E-state index contributed by atoms with van der Waals surface area (Å²) in [4.78, 5) is 0. The summed E-state index contributed by atoms with van der Waals surface area (Å²) in [6.45, 7) is -0.334. The summed E-state index contributed by atoms with van der Waals surface area (Å²) in [5.41, 5.74) is 0. The summed E-state index contributed by atoms with van der Waals surface area (Å²) in [5, 5.41) is 8.00. The van der Waals surface area contributed by atoms with Gasteiger partial charge in [-0.15, -0.1) is 0 Å². The molecular formula is C3H7O4S. The molecule has 0 amide bonds. The second kappa shape index (κ2) is 3.01. The number of hydrogen-bond donors (Lipinski definition) is 2. The maximum atomic E-state index is 9.80. The summed E-state index contributed by atoms with van der Waals surface area (Å²) in [6, 6.07) is 0. The maximum Gasteiger partial charge on any atom is 0.265 e. The van der Waals surface area contributed by atoms with Crippen LogP contribution in [0.4, 0.5) is 0 Å². The highest BCUT2D eigenvalue weighted by Gasteiger charge is 2.01. The Kier molecular flexibility index (Phi) is 2.96. The predicted octanol–water partition coefficient (Wildman–Crippen LogP) is -0.929. The average molecular weight is 139 g/mol. The lowest BCUT2D eigenvalue weighted by Crippen LogP contribution is -2.05. The van der Waals surface area contributed by atoms with Crippen LogP contribution in [0, 0.1) is 6.42 Å². The smallest absolute Gasteiger partial charge is 0.265 e. The van der Waals surface area contributed by atoms with E-state index < -0.39 is 15.9 Å². The number of hydrogen-bond acceptors (Lipinski definition) is 3. The lowest BCUT2D eigenvalue weighted by molar-refractivity contribution is 0.328. The van der Waals surface area contributed by atoms with E-state index in [1.165, 1.54) is 0 Å². The van der Waals surface area contributed by atoms with Crippen LogP contribution in [0.5, 0.6) is 0 Å².